The van der Waals surface area contributed by atoms with Gasteiger partial charge in [-0.15, -0.1) is 0 Å². The molecule has 0 bridgehead atoms. The van der Waals surface area contributed by atoms with E-state index in [1.54, 1.807) is 0 Å². The minimum absolute atomic E-state index is 0.0304. The Kier molecular flexibility index (Phi) is 5.64. The molecule has 1 aliphatic rings. The van der Waals surface area contributed by atoms with E-state index < -0.39 is 33.5 Å². The van der Waals surface area contributed by atoms with Gasteiger partial charge in [0.05, 0.1) is 0 Å². The fourth-order valence-corrected chi connectivity index (χ4v) is 7.79. The van der Waals surface area contributed by atoms with E-state index in [9.17, 15) is 9.90 Å². The van der Waals surface area contributed by atoms with Gasteiger partial charge in [0.2, 0.25) is 0 Å². The molecule has 4 heteroatoms. The van der Waals surface area contributed by atoms with Gasteiger partial charge in [0.25, 0.3) is 0 Å². The second-order valence-electron chi connectivity index (χ2n) is 7.86. The van der Waals surface area contributed by atoms with Crippen molar-refractivity contribution in [1.29, 1.82) is 0 Å². The molecule has 0 amide bonds. The molecular weight excluding hydrogens is 499 g/mol. The van der Waals surface area contributed by atoms with Crippen LogP contribution in [-0.4, -0.2) is 15.0 Å². The maximum atomic E-state index is 12.3. The molecule has 31 heavy (non-hydrogen) atoms. The first kappa shape index (κ1) is 20.1. The summed E-state index contributed by atoms with van der Waals surface area (Å²) >= 11 is -0.734. The fraction of sp³-hybridized carbons (Fsp3) is 0.148. The molecule has 0 heterocycles. The average Bonchev–Trinajstić information content (AvgIpc) is 2.79. The fourth-order valence-electron chi connectivity index (χ4n) is 4.57. The van der Waals surface area contributed by atoms with Crippen LogP contribution >= 0.6 is 0 Å². The van der Waals surface area contributed by atoms with Crippen LogP contribution in [0.1, 0.15) is 23.0 Å². The van der Waals surface area contributed by atoms with Crippen LogP contribution in [0.2, 0.25) is 0 Å². The summed E-state index contributed by atoms with van der Waals surface area (Å²) < 4.78 is 6.56. The third kappa shape index (κ3) is 3.92. The van der Waals surface area contributed by atoms with E-state index >= 15 is 0 Å². The van der Waals surface area contributed by atoms with E-state index in [2.05, 4.69) is 48.5 Å². The van der Waals surface area contributed by atoms with Crippen molar-refractivity contribution in [1.82, 2.24) is 0 Å². The van der Waals surface area contributed by atoms with Crippen molar-refractivity contribution in [3.63, 3.8) is 0 Å². The molecule has 1 N–H and O–H groups in total. The molecule has 1 fully saturated rings. The number of halogens is 1. The zero-order chi connectivity index (χ0) is 21.2. The zero-order valence-electron chi connectivity index (χ0n) is 16.8. The van der Waals surface area contributed by atoms with Crippen molar-refractivity contribution in [2.45, 2.75) is 15.8 Å². The first-order valence-corrected chi connectivity index (χ1v) is 12.5. The SMILES string of the molecule is O=C(O)C1[C@H](c2ccccc2)C([I-]Oc2ccc3ccccc3c2)[C@H]1c1ccccc1. The molecule has 0 unspecified atom stereocenters. The number of fused-ring (bicyclic) bond motifs is 1. The third-order valence-electron chi connectivity index (χ3n) is 6.07. The molecule has 0 aromatic heterocycles. The monoisotopic (exact) mass is 521 g/mol. The summed E-state index contributed by atoms with van der Waals surface area (Å²) in [7, 11) is 0. The Hall–Kier alpha value is -2.86. The molecule has 4 aromatic rings. The Morgan fingerprint density at radius 1 is 0.710 bits per heavy atom. The first-order valence-electron chi connectivity index (χ1n) is 10.3. The quantitative estimate of drug-likeness (QED) is 0.314. The van der Waals surface area contributed by atoms with Gasteiger partial charge in [-0.3, -0.25) is 0 Å². The predicted molar refractivity (Wildman–Crippen MR) is 118 cm³/mol. The standard InChI is InChI=1S/C27H22IO3/c29-27(30)25-23(19-10-3-1-4-11-19)26(24(25)20-12-5-2-6-13-20)28-31-22-16-15-18-9-7-8-14-21(18)17-22/h1-17,23-26H,(H,29,30)/q-1/t23-,24-,25?,26?/m0/s1. The average molecular weight is 521 g/mol. The number of carboxylic acids is 1. The van der Waals surface area contributed by atoms with Crippen LogP contribution in [0, 0.1) is 5.92 Å². The van der Waals surface area contributed by atoms with Gasteiger partial charge in [-0.1, -0.05) is 0 Å². The van der Waals surface area contributed by atoms with Gasteiger partial charge in [0.15, 0.2) is 0 Å². The van der Waals surface area contributed by atoms with Crippen LogP contribution in [0.25, 0.3) is 10.8 Å². The molecule has 4 aromatic carbocycles. The van der Waals surface area contributed by atoms with E-state index in [4.69, 9.17) is 3.07 Å². The van der Waals surface area contributed by atoms with Crippen LogP contribution in [-0.2, 0) is 4.79 Å². The molecule has 0 spiro atoms. The Balaban J connectivity index is 1.46. The van der Waals surface area contributed by atoms with Gasteiger partial charge >= 0.3 is 193 Å². The van der Waals surface area contributed by atoms with E-state index in [-0.39, 0.29) is 15.8 Å². The topological polar surface area (TPSA) is 46.5 Å². The molecule has 2 atom stereocenters. The summed E-state index contributed by atoms with van der Waals surface area (Å²) in [5, 5.41) is 12.4. The van der Waals surface area contributed by atoms with Crippen molar-refractivity contribution in [2.75, 3.05) is 0 Å². The molecule has 0 radical (unpaired) electrons. The molecule has 3 nitrogen and oxygen atoms in total. The van der Waals surface area contributed by atoms with Crippen LogP contribution in [0.5, 0.6) is 5.75 Å². The normalized spacial score (nSPS) is 22.7. The van der Waals surface area contributed by atoms with Crippen molar-refractivity contribution < 1.29 is 34.6 Å². The molecule has 5 rings (SSSR count). The van der Waals surface area contributed by atoms with Gasteiger partial charge in [-0.05, 0) is 0 Å². The van der Waals surface area contributed by atoms with E-state index in [1.165, 1.54) is 5.39 Å². The zero-order valence-corrected chi connectivity index (χ0v) is 18.9. The number of benzene rings is 4. The summed E-state index contributed by atoms with van der Waals surface area (Å²) in [5.41, 5.74) is 2.18. The molecule has 156 valence electrons. The number of rotatable bonds is 6. The number of aliphatic carboxylic acids is 1. The number of hydrogen-bond donors (Lipinski definition) is 1. The molecule has 0 aliphatic heterocycles. The number of hydrogen-bond acceptors (Lipinski definition) is 2. The van der Waals surface area contributed by atoms with Crippen molar-refractivity contribution in [3.05, 3.63) is 114 Å². The van der Waals surface area contributed by atoms with Crippen LogP contribution in [0.3, 0.4) is 0 Å². The third-order valence-corrected chi connectivity index (χ3v) is 8.97. The Bertz CT molecular complexity index is 1150. The second-order valence-corrected chi connectivity index (χ2v) is 10.2. The van der Waals surface area contributed by atoms with Gasteiger partial charge in [0, 0.05) is 0 Å². The number of alkyl halides is 1. The second kappa shape index (κ2) is 8.71. The van der Waals surface area contributed by atoms with E-state index in [1.807, 2.05) is 54.6 Å². The van der Waals surface area contributed by atoms with Crippen molar-refractivity contribution in [2.24, 2.45) is 5.92 Å². The predicted octanol–water partition coefficient (Wildman–Crippen LogP) is 2.87. The molecular formula is C27H22IO3-. The van der Waals surface area contributed by atoms with Gasteiger partial charge in [-0.25, -0.2) is 0 Å². The Labute approximate surface area is 192 Å². The molecule has 1 saturated carbocycles. The van der Waals surface area contributed by atoms with Gasteiger partial charge in [0.1, 0.15) is 0 Å². The van der Waals surface area contributed by atoms with Crippen LogP contribution < -0.4 is 24.7 Å². The van der Waals surface area contributed by atoms with Gasteiger partial charge in [-0.2, -0.15) is 0 Å². The summed E-state index contributed by atoms with van der Waals surface area (Å²) in [6.07, 6.45) is 0. The Morgan fingerprint density at radius 3 is 1.84 bits per heavy atom. The number of carbonyl (C=O) groups is 1. The van der Waals surface area contributed by atoms with Crippen LogP contribution in [0.15, 0.2) is 103 Å². The molecule has 1 aliphatic carbocycles. The summed E-state index contributed by atoms with van der Waals surface area (Å²) in [6.45, 7) is 0. The van der Waals surface area contributed by atoms with Crippen molar-refractivity contribution >= 4 is 16.7 Å². The van der Waals surface area contributed by atoms with E-state index in [0.29, 0.717) is 0 Å². The van der Waals surface area contributed by atoms with Crippen LogP contribution in [0.4, 0.5) is 0 Å². The summed E-state index contributed by atoms with van der Waals surface area (Å²) in [6, 6.07) is 34.5. The van der Waals surface area contributed by atoms with Crippen molar-refractivity contribution in [3.8, 4) is 5.75 Å². The van der Waals surface area contributed by atoms with Gasteiger partial charge < -0.3 is 0 Å². The maximum absolute atomic E-state index is 12.3. The first-order chi connectivity index (χ1) is 15.2. The van der Waals surface area contributed by atoms with E-state index in [0.717, 1.165) is 22.3 Å². The minimum atomic E-state index is -0.734. The summed E-state index contributed by atoms with van der Waals surface area (Å²) in [4.78, 5) is 12.3. The summed E-state index contributed by atoms with van der Waals surface area (Å²) in [5.74, 6) is -0.360. The Morgan fingerprint density at radius 2 is 1.26 bits per heavy atom. The molecule has 0 saturated heterocycles. The number of carboxylic acid groups (broad SMARTS) is 1.